The molecule has 1 aromatic heterocycles. The Morgan fingerprint density at radius 3 is 2.76 bits per heavy atom. The molecule has 0 aromatic carbocycles. The van der Waals surface area contributed by atoms with Crippen LogP contribution >= 0.6 is 0 Å². The van der Waals surface area contributed by atoms with E-state index in [4.69, 9.17) is 0 Å². The average Bonchev–Trinajstić information content (AvgIpc) is 2.67. The van der Waals surface area contributed by atoms with Crippen LogP contribution < -0.4 is 5.32 Å². The van der Waals surface area contributed by atoms with Gasteiger partial charge in [-0.05, 0) is 39.2 Å². The third-order valence-electron chi connectivity index (χ3n) is 3.01. The summed E-state index contributed by atoms with van der Waals surface area (Å²) in [6.45, 7) is 9.03. The molecule has 0 bridgehead atoms. The number of carbonyl (C=O) groups is 1. The number of nitrogens with one attached hydrogen (secondary N) is 1. The molecule has 0 aliphatic carbocycles. The molecular weight excluding hydrogens is 214 g/mol. The molecule has 1 amide bonds. The van der Waals surface area contributed by atoms with Crippen LogP contribution in [0.1, 0.15) is 44.9 Å². The average molecular weight is 237 g/mol. The molecule has 0 fully saturated rings. The maximum Gasteiger partial charge on any atom is 0.220 e. The summed E-state index contributed by atoms with van der Waals surface area (Å²) >= 11 is 0. The predicted octanol–water partition coefficient (Wildman–Crippen LogP) is 2.06. The van der Waals surface area contributed by atoms with Crippen LogP contribution in [0.3, 0.4) is 0 Å². The van der Waals surface area contributed by atoms with Crippen molar-refractivity contribution in [2.24, 2.45) is 0 Å². The number of hydrogen-bond acceptors (Lipinski definition) is 2. The normalized spacial score (nSPS) is 12.5. The zero-order valence-corrected chi connectivity index (χ0v) is 11.3. The standard InChI is InChI=1S/C13H23N3O/c1-5-10(3)14-13(17)8-7-12-9-16(6-2)15-11(12)4/h9-10H,5-8H2,1-4H3,(H,14,17)/t10-/m1/s1. The molecule has 1 rings (SSSR count). The second-order valence-corrected chi connectivity index (χ2v) is 4.47. The lowest BCUT2D eigenvalue weighted by molar-refractivity contribution is -0.121. The second kappa shape index (κ2) is 6.42. The smallest absolute Gasteiger partial charge is 0.220 e. The lowest BCUT2D eigenvalue weighted by Gasteiger charge is -2.10. The van der Waals surface area contributed by atoms with Crippen LogP contribution in [0.15, 0.2) is 6.20 Å². The van der Waals surface area contributed by atoms with Crippen LogP contribution in [0.2, 0.25) is 0 Å². The van der Waals surface area contributed by atoms with Gasteiger partial charge < -0.3 is 5.32 Å². The van der Waals surface area contributed by atoms with Crippen molar-refractivity contribution in [1.82, 2.24) is 15.1 Å². The summed E-state index contributed by atoms with van der Waals surface area (Å²) in [7, 11) is 0. The van der Waals surface area contributed by atoms with E-state index < -0.39 is 0 Å². The van der Waals surface area contributed by atoms with Crippen LogP contribution in [-0.4, -0.2) is 21.7 Å². The van der Waals surface area contributed by atoms with Gasteiger partial charge in [0, 0.05) is 25.2 Å². The van der Waals surface area contributed by atoms with Gasteiger partial charge in [-0.2, -0.15) is 5.10 Å². The second-order valence-electron chi connectivity index (χ2n) is 4.47. The summed E-state index contributed by atoms with van der Waals surface area (Å²) < 4.78 is 1.91. The van der Waals surface area contributed by atoms with Gasteiger partial charge in [0.1, 0.15) is 0 Å². The summed E-state index contributed by atoms with van der Waals surface area (Å²) in [6, 6.07) is 0.266. The van der Waals surface area contributed by atoms with E-state index in [0.717, 1.165) is 25.1 Å². The first-order valence-corrected chi connectivity index (χ1v) is 6.39. The van der Waals surface area contributed by atoms with Crippen LogP contribution in [-0.2, 0) is 17.8 Å². The van der Waals surface area contributed by atoms with Crippen molar-refractivity contribution in [3.05, 3.63) is 17.5 Å². The van der Waals surface area contributed by atoms with Crippen LogP contribution in [0.4, 0.5) is 0 Å². The van der Waals surface area contributed by atoms with Crippen LogP contribution in [0.25, 0.3) is 0 Å². The Hall–Kier alpha value is -1.32. The first kappa shape index (κ1) is 13.7. The van der Waals surface area contributed by atoms with Gasteiger partial charge in [0.2, 0.25) is 5.91 Å². The van der Waals surface area contributed by atoms with Gasteiger partial charge in [-0.25, -0.2) is 0 Å². The minimum Gasteiger partial charge on any atom is -0.354 e. The Morgan fingerprint density at radius 1 is 1.53 bits per heavy atom. The van der Waals surface area contributed by atoms with E-state index in [1.807, 2.05) is 24.7 Å². The van der Waals surface area contributed by atoms with E-state index >= 15 is 0 Å². The highest BCUT2D eigenvalue weighted by atomic mass is 16.1. The van der Waals surface area contributed by atoms with Gasteiger partial charge in [0.25, 0.3) is 0 Å². The van der Waals surface area contributed by atoms with E-state index in [2.05, 4.69) is 24.3 Å². The molecule has 0 aliphatic heterocycles. The van der Waals surface area contributed by atoms with E-state index in [0.29, 0.717) is 6.42 Å². The van der Waals surface area contributed by atoms with Crippen molar-refractivity contribution in [2.45, 2.75) is 59.5 Å². The molecule has 1 heterocycles. The third-order valence-corrected chi connectivity index (χ3v) is 3.01. The highest BCUT2D eigenvalue weighted by Gasteiger charge is 2.09. The maximum atomic E-state index is 11.6. The van der Waals surface area contributed by atoms with Crippen molar-refractivity contribution >= 4 is 5.91 Å². The fourth-order valence-corrected chi connectivity index (χ4v) is 1.66. The van der Waals surface area contributed by atoms with Crippen molar-refractivity contribution < 1.29 is 4.79 Å². The molecule has 0 saturated heterocycles. The van der Waals surface area contributed by atoms with Crippen LogP contribution in [0, 0.1) is 6.92 Å². The van der Waals surface area contributed by atoms with Crippen LogP contribution in [0.5, 0.6) is 0 Å². The molecule has 4 heteroatoms. The number of hydrogen-bond donors (Lipinski definition) is 1. The van der Waals surface area contributed by atoms with Gasteiger partial charge in [0.05, 0.1) is 5.69 Å². The predicted molar refractivity (Wildman–Crippen MR) is 68.9 cm³/mol. The zero-order valence-electron chi connectivity index (χ0n) is 11.3. The first-order chi connectivity index (χ1) is 8.06. The molecule has 0 aliphatic rings. The third kappa shape index (κ3) is 4.21. The van der Waals surface area contributed by atoms with E-state index in [1.165, 1.54) is 5.56 Å². The topological polar surface area (TPSA) is 46.9 Å². The molecule has 0 saturated carbocycles. The van der Waals surface area contributed by atoms with Crippen molar-refractivity contribution in [2.75, 3.05) is 0 Å². The summed E-state index contributed by atoms with van der Waals surface area (Å²) in [4.78, 5) is 11.6. The number of aromatic nitrogens is 2. The van der Waals surface area contributed by atoms with Gasteiger partial charge >= 0.3 is 0 Å². The molecule has 0 radical (unpaired) electrons. The number of carbonyl (C=O) groups excluding carboxylic acids is 1. The number of rotatable bonds is 6. The molecule has 0 unspecified atom stereocenters. The summed E-state index contributed by atoms with van der Waals surface area (Å²) in [5.41, 5.74) is 2.20. The summed E-state index contributed by atoms with van der Waals surface area (Å²) in [5.74, 6) is 0.128. The molecule has 17 heavy (non-hydrogen) atoms. The maximum absolute atomic E-state index is 11.6. The van der Waals surface area contributed by atoms with E-state index in [9.17, 15) is 4.79 Å². The number of amides is 1. The minimum absolute atomic E-state index is 0.128. The number of aryl methyl sites for hydroxylation is 3. The Morgan fingerprint density at radius 2 is 2.24 bits per heavy atom. The Kier molecular flexibility index (Phi) is 5.19. The lowest BCUT2D eigenvalue weighted by atomic mass is 10.1. The highest BCUT2D eigenvalue weighted by Crippen LogP contribution is 2.08. The number of nitrogens with zero attached hydrogens (tertiary/aromatic N) is 2. The zero-order chi connectivity index (χ0) is 12.8. The Balaban J connectivity index is 2.44. The molecule has 96 valence electrons. The SMILES string of the molecule is CC[C@@H](C)NC(=O)CCc1cn(CC)nc1C. The fourth-order valence-electron chi connectivity index (χ4n) is 1.66. The molecule has 0 spiro atoms. The van der Waals surface area contributed by atoms with Crippen molar-refractivity contribution in [3.8, 4) is 0 Å². The summed E-state index contributed by atoms with van der Waals surface area (Å²) in [6.07, 6.45) is 4.32. The Bertz CT molecular complexity index is 371. The quantitative estimate of drug-likeness (QED) is 0.823. The van der Waals surface area contributed by atoms with Crippen molar-refractivity contribution in [1.29, 1.82) is 0 Å². The van der Waals surface area contributed by atoms with Gasteiger partial charge in [-0.1, -0.05) is 6.92 Å². The molecule has 1 N–H and O–H groups in total. The largest absolute Gasteiger partial charge is 0.354 e. The Labute approximate surface area is 103 Å². The fraction of sp³-hybridized carbons (Fsp3) is 0.692. The molecular formula is C13H23N3O. The van der Waals surface area contributed by atoms with Gasteiger partial charge in [-0.15, -0.1) is 0 Å². The first-order valence-electron chi connectivity index (χ1n) is 6.39. The van der Waals surface area contributed by atoms with Crippen molar-refractivity contribution in [3.63, 3.8) is 0 Å². The lowest BCUT2D eigenvalue weighted by Crippen LogP contribution is -2.32. The molecule has 4 nitrogen and oxygen atoms in total. The van der Waals surface area contributed by atoms with E-state index in [1.54, 1.807) is 0 Å². The monoisotopic (exact) mass is 237 g/mol. The van der Waals surface area contributed by atoms with Gasteiger partial charge in [0.15, 0.2) is 0 Å². The van der Waals surface area contributed by atoms with Gasteiger partial charge in [-0.3, -0.25) is 9.48 Å². The molecule has 1 aromatic rings. The molecule has 1 atom stereocenters. The van der Waals surface area contributed by atoms with E-state index in [-0.39, 0.29) is 11.9 Å². The minimum atomic E-state index is 0.128. The summed E-state index contributed by atoms with van der Waals surface area (Å²) in [5, 5.41) is 7.34. The highest BCUT2D eigenvalue weighted by molar-refractivity contribution is 5.76.